The first-order valence-corrected chi connectivity index (χ1v) is 12.6. The molecule has 0 N–H and O–H groups in total. The Balaban J connectivity index is 1.54. The first kappa shape index (κ1) is 25.4. The summed E-state index contributed by atoms with van der Waals surface area (Å²) in [6.45, 7) is 4.92. The Bertz CT molecular complexity index is 1560. The van der Waals surface area contributed by atoms with Gasteiger partial charge in [0.15, 0.2) is 24.0 Å². The van der Waals surface area contributed by atoms with Crippen LogP contribution in [0.4, 0.5) is 8.78 Å². The number of hydrogen-bond donors (Lipinski definition) is 0. The molecule has 2 heterocycles. The number of oxazole rings is 1. The number of aromatic nitrogens is 2. The highest BCUT2D eigenvalue weighted by Crippen LogP contribution is 2.35. The average molecular weight is 515 g/mol. The van der Waals surface area contributed by atoms with Crippen molar-refractivity contribution < 1.29 is 22.7 Å². The normalized spacial score (nSPS) is 11.4. The zero-order valence-corrected chi connectivity index (χ0v) is 21.3. The van der Waals surface area contributed by atoms with E-state index in [4.69, 9.17) is 9.15 Å². The fourth-order valence-corrected chi connectivity index (χ4v) is 4.82. The molecule has 0 bridgehead atoms. The van der Waals surface area contributed by atoms with Gasteiger partial charge >= 0.3 is 0 Å². The molecule has 5 rings (SSSR count). The number of carbonyl (C=O) groups excluding carboxylic acids is 1. The van der Waals surface area contributed by atoms with Gasteiger partial charge in [0.1, 0.15) is 12.0 Å². The van der Waals surface area contributed by atoms with E-state index in [2.05, 4.69) is 35.5 Å². The number of rotatable bonds is 10. The predicted octanol–water partition coefficient (Wildman–Crippen LogP) is 7.47. The van der Waals surface area contributed by atoms with Gasteiger partial charge < -0.3 is 13.7 Å². The van der Waals surface area contributed by atoms with Crippen LogP contribution in [-0.4, -0.2) is 15.3 Å². The second-order valence-corrected chi connectivity index (χ2v) is 9.55. The standard InChI is InChI=1S/C31H28F2N2O3/c1-20(2)31-30(28(36)13-9-21-8-12-25(32)26(33)16-21)24-11-10-23(38-19-29-34-14-15-37-29)17-27(24)35(31)18-22-6-4-3-5-7-22/h3-8,10-12,14-17,20H,9,13,18-19H2,1-2H3. The molecular weight excluding hydrogens is 486 g/mol. The summed E-state index contributed by atoms with van der Waals surface area (Å²) < 4.78 is 40.5. The largest absolute Gasteiger partial charge is 0.484 e. The summed E-state index contributed by atoms with van der Waals surface area (Å²) in [6, 6.07) is 19.6. The molecular formula is C31H28F2N2O3. The molecule has 0 spiro atoms. The third-order valence-electron chi connectivity index (χ3n) is 6.56. The van der Waals surface area contributed by atoms with Crippen LogP contribution < -0.4 is 4.74 Å². The lowest BCUT2D eigenvalue weighted by Crippen LogP contribution is -2.11. The number of hydrogen-bond acceptors (Lipinski definition) is 4. The minimum Gasteiger partial charge on any atom is -0.484 e. The van der Waals surface area contributed by atoms with E-state index in [1.165, 1.54) is 12.3 Å². The van der Waals surface area contributed by atoms with Crippen LogP contribution in [0.2, 0.25) is 0 Å². The summed E-state index contributed by atoms with van der Waals surface area (Å²) in [5.74, 6) is -0.672. The topological polar surface area (TPSA) is 57.3 Å². The lowest BCUT2D eigenvalue weighted by Gasteiger charge is -2.15. The van der Waals surface area contributed by atoms with Crippen LogP contribution in [0.15, 0.2) is 83.6 Å². The molecule has 194 valence electrons. The summed E-state index contributed by atoms with van der Waals surface area (Å²) in [7, 11) is 0. The first-order chi connectivity index (χ1) is 18.4. The van der Waals surface area contributed by atoms with Crippen molar-refractivity contribution in [3.05, 3.63) is 119 Å². The van der Waals surface area contributed by atoms with Crippen molar-refractivity contribution in [1.29, 1.82) is 0 Å². The van der Waals surface area contributed by atoms with Crippen LogP contribution in [0, 0.1) is 11.6 Å². The quantitative estimate of drug-likeness (QED) is 0.181. The number of fused-ring (bicyclic) bond motifs is 1. The van der Waals surface area contributed by atoms with Gasteiger partial charge in [0.25, 0.3) is 0 Å². The van der Waals surface area contributed by atoms with E-state index >= 15 is 0 Å². The molecule has 0 fully saturated rings. The third kappa shape index (κ3) is 5.37. The number of benzene rings is 3. The van der Waals surface area contributed by atoms with E-state index in [9.17, 15) is 13.6 Å². The lowest BCUT2D eigenvalue weighted by molar-refractivity contribution is 0.0982. The molecule has 38 heavy (non-hydrogen) atoms. The molecule has 3 aromatic carbocycles. The number of ether oxygens (including phenoxy) is 1. The zero-order valence-electron chi connectivity index (χ0n) is 21.3. The zero-order chi connectivity index (χ0) is 26.6. The van der Waals surface area contributed by atoms with E-state index < -0.39 is 11.6 Å². The van der Waals surface area contributed by atoms with Gasteiger partial charge in [0.05, 0.1) is 11.7 Å². The highest BCUT2D eigenvalue weighted by Gasteiger charge is 2.25. The van der Waals surface area contributed by atoms with Crippen LogP contribution in [0.1, 0.15) is 59.3 Å². The van der Waals surface area contributed by atoms with Crippen LogP contribution >= 0.6 is 0 Å². The van der Waals surface area contributed by atoms with E-state index in [0.717, 1.165) is 34.3 Å². The maximum atomic E-state index is 13.7. The first-order valence-electron chi connectivity index (χ1n) is 12.6. The summed E-state index contributed by atoms with van der Waals surface area (Å²) in [5, 5.41) is 0.836. The van der Waals surface area contributed by atoms with Crippen molar-refractivity contribution >= 4 is 16.7 Å². The Morgan fingerprint density at radius 2 is 1.82 bits per heavy atom. The van der Waals surface area contributed by atoms with E-state index in [1.54, 1.807) is 6.20 Å². The third-order valence-corrected chi connectivity index (χ3v) is 6.56. The van der Waals surface area contributed by atoms with Crippen LogP contribution in [0.5, 0.6) is 5.75 Å². The van der Waals surface area contributed by atoms with Crippen LogP contribution in [0.3, 0.4) is 0 Å². The second kappa shape index (κ2) is 11.0. The van der Waals surface area contributed by atoms with Crippen molar-refractivity contribution in [3.8, 4) is 5.75 Å². The minimum absolute atomic E-state index is 0.0382. The predicted molar refractivity (Wildman–Crippen MR) is 141 cm³/mol. The Hall–Kier alpha value is -4.26. The van der Waals surface area contributed by atoms with E-state index in [0.29, 0.717) is 35.7 Å². The Morgan fingerprint density at radius 3 is 2.53 bits per heavy atom. The summed E-state index contributed by atoms with van der Waals surface area (Å²) in [6.07, 6.45) is 3.56. The molecule has 0 aliphatic rings. The molecule has 0 saturated carbocycles. The molecule has 2 aromatic heterocycles. The van der Waals surface area contributed by atoms with Gasteiger partial charge in [-0.25, -0.2) is 13.8 Å². The monoisotopic (exact) mass is 514 g/mol. The number of Topliss-reactive ketones (excluding diaryl/α,β-unsaturated/α-hetero) is 1. The number of aryl methyl sites for hydroxylation is 1. The van der Waals surface area contributed by atoms with Gasteiger partial charge in [0.2, 0.25) is 5.89 Å². The van der Waals surface area contributed by atoms with Crippen molar-refractivity contribution in [2.45, 2.75) is 45.8 Å². The number of halogens is 2. The minimum atomic E-state index is -0.908. The van der Waals surface area contributed by atoms with E-state index in [1.807, 2.05) is 36.4 Å². The summed E-state index contributed by atoms with van der Waals surface area (Å²) in [4.78, 5) is 17.8. The van der Waals surface area contributed by atoms with Crippen molar-refractivity contribution in [1.82, 2.24) is 9.55 Å². The maximum Gasteiger partial charge on any atom is 0.232 e. The fraction of sp³-hybridized carbons (Fsp3) is 0.226. The number of ketones is 1. The Labute approximate surface area is 219 Å². The van der Waals surface area contributed by atoms with Crippen molar-refractivity contribution in [2.75, 3.05) is 0 Å². The molecule has 0 saturated heterocycles. The van der Waals surface area contributed by atoms with E-state index in [-0.39, 0.29) is 24.7 Å². The van der Waals surface area contributed by atoms with Gasteiger partial charge in [-0.3, -0.25) is 4.79 Å². The Kier molecular flexibility index (Phi) is 7.36. The van der Waals surface area contributed by atoms with Gasteiger partial charge in [-0.05, 0) is 47.7 Å². The SMILES string of the molecule is CC(C)c1c(C(=O)CCc2ccc(F)c(F)c2)c2ccc(OCc3ncco3)cc2n1Cc1ccccc1. The number of nitrogens with zero attached hydrogens (tertiary/aromatic N) is 2. The fourth-order valence-electron chi connectivity index (χ4n) is 4.82. The molecule has 0 aliphatic carbocycles. The second-order valence-electron chi connectivity index (χ2n) is 9.55. The molecule has 0 unspecified atom stereocenters. The maximum absolute atomic E-state index is 13.7. The molecule has 0 amide bonds. The molecule has 5 aromatic rings. The summed E-state index contributed by atoms with van der Waals surface area (Å²) in [5.41, 5.74) is 4.17. The van der Waals surface area contributed by atoms with Crippen LogP contribution in [0.25, 0.3) is 10.9 Å². The van der Waals surface area contributed by atoms with Gasteiger partial charge in [0, 0.05) is 35.7 Å². The Morgan fingerprint density at radius 1 is 1.00 bits per heavy atom. The summed E-state index contributed by atoms with van der Waals surface area (Å²) >= 11 is 0. The highest BCUT2D eigenvalue weighted by molar-refractivity contribution is 6.10. The molecule has 0 radical (unpaired) electrons. The molecule has 0 aliphatic heterocycles. The van der Waals surface area contributed by atoms with Gasteiger partial charge in [-0.2, -0.15) is 0 Å². The highest BCUT2D eigenvalue weighted by atomic mass is 19.2. The molecule has 0 atom stereocenters. The van der Waals surface area contributed by atoms with Crippen LogP contribution in [-0.2, 0) is 19.6 Å². The average Bonchev–Trinajstić information content (AvgIpc) is 3.55. The van der Waals surface area contributed by atoms with Gasteiger partial charge in [-0.15, -0.1) is 0 Å². The lowest BCUT2D eigenvalue weighted by atomic mass is 9.96. The molecule has 5 nitrogen and oxygen atoms in total. The molecule has 7 heteroatoms. The van der Waals surface area contributed by atoms with Crippen molar-refractivity contribution in [3.63, 3.8) is 0 Å². The number of carbonyl (C=O) groups is 1. The van der Waals surface area contributed by atoms with Gasteiger partial charge in [-0.1, -0.05) is 50.2 Å². The van der Waals surface area contributed by atoms with Crippen molar-refractivity contribution in [2.24, 2.45) is 0 Å². The smallest absolute Gasteiger partial charge is 0.232 e.